The van der Waals surface area contributed by atoms with Crippen LogP contribution in [0.3, 0.4) is 0 Å². The fourth-order valence-electron chi connectivity index (χ4n) is 2.65. The third-order valence-electron chi connectivity index (χ3n) is 3.98. The van der Waals surface area contributed by atoms with Gasteiger partial charge in [-0.15, -0.1) is 0 Å². The number of carbonyl (C=O) groups is 1. The molecule has 4 heteroatoms. The average Bonchev–Trinajstić information content (AvgIpc) is 2.97. The van der Waals surface area contributed by atoms with Gasteiger partial charge >= 0.3 is 0 Å². The molecule has 0 aromatic heterocycles. The molecule has 4 nitrogen and oxygen atoms in total. The fourth-order valence-corrected chi connectivity index (χ4v) is 2.65. The number of carbonyl (C=O) groups excluding carboxylic acids is 1. The van der Waals surface area contributed by atoms with Crippen molar-refractivity contribution in [2.75, 3.05) is 33.4 Å². The van der Waals surface area contributed by atoms with Gasteiger partial charge in [0.15, 0.2) is 0 Å². The lowest BCUT2D eigenvalue weighted by Gasteiger charge is -2.26. The molecule has 1 saturated heterocycles. The first-order valence-electron chi connectivity index (χ1n) is 7.34. The molecule has 1 heterocycles. The van der Waals surface area contributed by atoms with Gasteiger partial charge in [0.1, 0.15) is 0 Å². The minimum absolute atomic E-state index is 0.0456. The zero-order valence-electron chi connectivity index (χ0n) is 12.3. The quantitative estimate of drug-likeness (QED) is 0.852. The number of benzene rings is 1. The molecule has 1 aromatic rings. The van der Waals surface area contributed by atoms with Crippen LogP contribution in [-0.4, -0.2) is 50.2 Å². The molecule has 2 rings (SSSR count). The van der Waals surface area contributed by atoms with Gasteiger partial charge in [0.25, 0.3) is 0 Å². The molecule has 1 amide bonds. The van der Waals surface area contributed by atoms with Crippen LogP contribution in [0.1, 0.15) is 12.5 Å². The molecule has 0 spiro atoms. The number of hydrogen-bond donors (Lipinski definition) is 1. The molecule has 0 radical (unpaired) electrons. The number of hydrogen-bond acceptors (Lipinski definition) is 3. The second-order valence-electron chi connectivity index (χ2n) is 5.19. The Bertz CT molecular complexity index is 422. The molecule has 2 atom stereocenters. The van der Waals surface area contributed by atoms with Crippen LogP contribution in [0.5, 0.6) is 0 Å². The summed E-state index contributed by atoms with van der Waals surface area (Å²) in [5.41, 5.74) is 1.27. The van der Waals surface area contributed by atoms with Crippen LogP contribution in [-0.2, 0) is 16.0 Å². The second kappa shape index (κ2) is 7.41. The van der Waals surface area contributed by atoms with Gasteiger partial charge in [0.05, 0.1) is 19.1 Å². The van der Waals surface area contributed by atoms with Crippen molar-refractivity contribution in [3.05, 3.63) is 35.9 Å². The Balaban J connectivity index is 1.92. The highest BCUT2D eigenvalue weighted by molar-refractivity contribution is 5.80. The largest absolute Gasteiger partial charge is 0.379 e. The number of ether oxygens (including phenoxy) is 1. The van der Waals surface area contributed by atoms with E-state index in [4.69, 9.17) is 4.74 Å². The van der Waals surface area contributed by atoms with Crippen LogP contribution in [0.15, 0.2) is 30.3 Å². The SMILES string of the molecule is CCN(CCc1ccccc1)C(=O)C1COCC1NC. The highest BCUT2D eigenvalue weighted by Gasteiger charge is 2.35. The summed E-state index contributed by atoms with van der Waals surface area (Å²) < 4.78 is 5.43. The number of nitrogens with one attached hydrogen (secondary N) is 1. The first kappa shape index (κ1) is 15.0. The van der Waals surface area contributed by atoms with E-state index in [-0.39, 0.29) is 17.9 Å². The Morgan fingerprint density at radius 3 is 2.75 bits per heavy atom. The fraction of sp³-hybridized carbons (Fsp3) is 0.562. The van der Waals surface area contributed by atoms with Crippen molar-refractivity contribution in [3.8, 4) is 0 Å². The zero-order chi connectivity index (χ0) is 14.4. The summed E-state index contributed by atoms with van der Waals surface area (Å²) in [5, 5.41) is 3.18. The molecular weight excluding hydrogens is 252 g/mol. The smallest absolute Gasteiger partial charge is 0.229 e. The Hall–Kier alpha value is -1.39. The van der Waals surface area contributed by atoms with Crippen LogP contribution < -0.4 is 5.32 Å². The third kappa shape index (κ3) is 3.58. The summed E-state index contributed by atoms with van der Waals surface area (Å²) in [6, 6.07) is 10.4. The molecule has 0 saturated carbocycles. The molecule has 0 aliphatic carbocycles. The molecule has 1 aliphatic rings. The van der Waals surface area contributed by atoms with Crippen molar-refractivity contribution in [2.45, 2.75) is 19.4 Å². The number of rotatable bonds is 6. The van der Waals surface area contributed by atoms with E-state index in [1.165, 1.54) is 5.56 Å². The Kier molecular flexibility index (Phi) is 5.56. The molecule has 1 N–H and O–H groups in total. The first-order chi connectivity index (χ1) is 9.76. The van der Waals surface area contributed by atoms with E-state index in [2.05, 4.69) is 17.4 Å². The summed E-state index contributed by atoms with van der Waals surface area (Å²) in [5.74, 6) is 0.163. The van der Waals surface area contributed by atoms with E-state index in [1.54, 1.807) is 0 Å². The van der Waals surface area contributed by atoms with Crippen molar-refractivity contribution < 1.29 is 9.53 Å². The third-order valence-corrected chi connectivity index (χ3v) is 3.98. The highest BCUT2D eigenvalue weighted by Crippen LogP contribution is 2.17. The lowest BCUT2D eigenvalue weighted by molar-refractivity contribution is -0.135. The van der Waals surface area contributed by atoms with E-state index in [9.17, 15) is 4.79 Å². The minimum Gasteiger partial charge on any atom is -0.379 e. The molecule has 20 heavy (non-hydrogen) atoms. The van der Waals surface area contributed by atoms with Gasteiger partial charge in [0.2, 0.25) is 5.91 Å². The normalized spacial score (nSPS) is 21.9. The maximum Gasteiger partial charge on any atom is 0.229 e. The summed E-state index contributed by atoms with van der Waals surface area (Å²) >= 11 is 0. The molecule has 2 unspecified atom stereocenters. The van der Waals surface area contributed by atoms with Crippen molar-refractivity contribution in [2.24, 2.45) is 5.92 Å². The summed E-state index contributed by atoms with van der Waals surface area (Å²) in [7, 11) is 1.89. The van der Waals surface area contributed by atoms with Gasteiger partial charge in [-0.25, -0.2) is 0 Å². The second-order valence-corrected chi connectivity index (χ2v) is 5.19. The van der Waals surface area contributed by atoms with Gasteiger partial charge in [-0.2, -0.15) is 0 Å². The van der Waals surface area contributed by atoms with Gasteiger partial charge < -0.3 is 15.0 Å². The summed E-state index contributed by atoms with van der Waals surface area (Å²) in [4.78, 5) is 14.5. The topological polar surface area (TPSA) is 41.6 Å². The molecule has 1 aliphatic heterocycles. The van der Waals surface area contributed by atoms with Gasteiger partial charge in [-0.3, -0.25) is 4.79 Å². The Labute approximate surface area is 121 Å². The van der Waals surface area contributed by atoms with Crippen LogP contribution in [0.25, 0.3) is 0 Å². The highest BCUT2D eigenvalue weighted by atomic mass is 16.5. The van der Waals surface area contributed by atoms with E-state index in [0.29, 0.717) is 13.2 Å². The van der Waals surface area contributed by atoms with Crippen LogP contribution in [0.2, 0.25) is 0 Å². The van der Waals surface area contributed by atoms with Crippen molar-refractivity contribution in [3.63, 3.8) is 0 Å². The predicted octanol–water partition coefficient (Wildman–Crippen LogP) is 1.31. The summed E-state index contributed by atoms with van der Waals surface area (Å²) in [6.07, 6.45) is 0.901. The number of likely N-dealkylation sites (N-methyl/N-ethyl adjacent to an activating group) is 2. The summed E-state index contributed by atoms with van der Waals surface area (Å²) in [6.45, 7) is 4.72. The molecule has 1 aromatic carbocycles. The zero-order valence-corrected chi connectivity index (χ0v) is 12.3. The maximum absolute atomic E-state index is 12.6. The van der Waals surface area contributed by atoms with Crippen molar-refractivity contribution in [1.82, 2.24) is 10.2 Å². The Morgan fingerprint density at radius 2 is 2.10 bits per heavy atom. The monoisotopic (exact) mass is 276 g/mol. The Morgan fingerprint density at radius 1 is 1.35 bits per heavy atom. The lowest BCUT2D eigenvalue weighted by atomic mass is 10.0. The lowest BCUT2D eigenvalue weighted by Crippen LogP contribution is -2.45. The molecule has 0 bridgehead atoms. The van der Waals surface area contributed by atoms with Crippen molar-refractivity contribution >= 4 is 5.91 Å². The van der Waals surface area contributed by atoms with Gasteiger partial charge in [0, 0.05) is 19.1 Å². The van der Waals surface area contributed by atoms with Crippen LogP contribution in [0, 0.1) is 5.92 Å². The van der Waals surface area contributed by atoms with E-state index < -0.39 is 0 Å². The molecule has 110 valence electrons. The molecular formula is C16H24N2O2. The number of amides is 1. The number of nitrogens with zero attached hydrogens (tertiary/aromatic N) is 1. The van der Waals surface area contributed by atoms with Gasteiger partial charge in [-0.1, -0.05) is 30.3 Å². The van der Waals surface area contributed by atoms with Crippen molar-refractivity contribution in [1.29, 1.82) is 0 Å². The molecule has 1 fully saturated rings. The maximum atomic E-state index is 12.6. The van der Waals surface area contributed by atoms with E-state index in [1.807, 2.05) is 37.1 Å². The average molecular weight is 276 g/mol. The standard InChI is InChI=1S/C16H24N2O2/c1-3-18(10-9-13-7-5-4-6-8-13)16(19)14-11-20-12-15(14)17-2/h4-8,14-15,17H,3,9-12H2,1-2H3. The minimum atomic E-state index is -0.0456. The van der Waals surface area contributed by atoms with Crippen LogP contribution >= 0.6 is 0 Å². The predicted molar refractivity (Wildman–Crippen MR) is 79.6 cm³/mol. The van der Waals surface area contributed by atoms with Gasteiger partial charge in [-0.05, 0) is 26.0 Å². The van der Waals surface area contributed by atoms with E-state index >= 15 is 0 Å². The van der Waals surface area contributed by atoms with Crippen LogP contribution in [0.4, 0.5) is 0 Å². The van der Waals surface area contributed by atoms with E-state index in [0.717, 1.165) is 19.5 Å². The first-order valence-corrected chi connectivity index (χ1v) is 7.34.